The van der Waals surface area contributed by atoms with Gasteiger partial charge in [0, 0.05) is 11.8 Å². The van der Waals surface area contributed by atoms with Crippen LogP contribution in [-0.2, 0) is 16.5 Å². The molecule has 0 aliphatic heterocycles. The number of halogens is 3. The molecule has 0 fully saturated rings. The molecule has 0 aliphatic rings. The van der Waals surface area contributed by atoms with Gasteiger partial charge in [0.05, 0.1) is 5.56 Å². The van der Waals surface area contributed by atoms with Crippen LogP contribution in [0.25, 0.3) is 22.4 Å². The van der Waals surface area contributed by atoms with Gasteiger partial charge in [-0.05, 0) is 36.2 Å². The summed E-state index contributed by atoms with van der Waals surface area (Å²) in [6, 6.07) is 7.73. The number of hydrogen-bond acceptors (Lipinski definition) is 4. The summed E-state index contributed by atoms with van der Waals surface area (Å²) in [5, 5.41) is 3.78. The number of aryl methyl sites for hydroxylation is 1. The van der Waals surface area contributed by atoms with Gasteiger partial charge in [-0.25, -0.2) is 21.6 Å². The SMILES string of the molecule is Cc1ccc(-c2noc(CF)c2-c2ccc(S(C)(=O)=O)c(F)c2)cc1F. The average Bonchev–Trinajstić information content (AvgIpc) is 3.00. The van der Waals surface area contributed by atoms with Crippen molar-refractivity contribution in [1.29, 1.82) is 0 Å². The van der Waals surface area contributed by atoms with E-state index in [1.807, 2.05) is 0 Å². The van der Waals surface area contributed by atoms with E-state index in [2.05, 4.69) is 5.16 Å². The Morgan fingerprint density at radius 3 is 2.27 bits per heavy atom. The van der Waals surface area contributed by atoms with Crippen LogP contribution < -0.4 is 0 Å². The first-order valence-electron chi connectivity index (χ1n) is 7.53. The molecule has 2 aromatic carbocycles. The molecule has 3 rings (SSSR count). The Labute approximate surface area is 148 Å². The van der Waals surface area contributed by atoms with Crippen molar-refractivity contribution >= 4 is 9.84 Å². The van der Waals surface area contributed by atoms with Gasteiger partial charge in [-0.1, -0.05) is 23.4 Å². The van der Waals surface area contributed by atoms with Crippen LogP contribution in [0, 0.1) is 18.6 Å². The third-order valence-corrected chi connectivity index (χ3v) is 5.08. The van der Waals surface area contributed by atoms with Crippen LogP contribution in [0.15, 0.2) is 45.8 Å². The maximum Gasteiger partial charge on any atom is 0.178 e. The first-order valence-corrected chi connectivity index (χ1v) is 9.42. The average molecular weight is 381 g/mol. The molecule has 0 atom stereocenters. The topological polar surface area (TPSA) is 60.2 Å². The molecule has 3 aromatic rings. The third-order valence-electron chi connectivity index (χ3n) is 3.95. The molecule has 0 saturated carbocycles. The quantitative estimate of drug-likeness (QED) is 0.669. The van der Waals surface area contributed by atoms with Crippen LogP contribution in [0.4, 0.5) is 13.2 Å². The highest BCUT2D eigenvalue weighted by Crippen LogP contribution is 2.36. The number of sulfone groups is 1. The molecule has 0 radical (unpaired) electrons. The lowest BCUT2D eigenvalue weighted by molar-refractivity contribution is 0.332. The zero-order valence-electron chi connectivity index (χ0n) is 13.9. The second-order valence-corrected chi connectivity index (χ2v) is 7.83. The van der Waals surface area contributed by atoms with Crippen LogP contribution >= 0.6 is 0 Å². The standard InChI is InChI=1S/C18H14F3NO3S/c1-10-3-4-12(8-13(10)20)18-17(15(9-19)25-22-18)11-5-6-16(14(21)7-11)26(2,23)24/h3-8H,9H2,1-2H3. The number of aromatic nitrogens is 1. The second kappa shape index (κ2) is 6.60. The summed E-state index contributed by atoms with van der Waals surface area (Å²) in [4.78, 5) is -0.470. The van der Waals surface area contributed by atoms with E-state index in [0.717, 1.165) is 18.4 Å². The third kappa shape index (κ3) is 3.24. The van der Waals surface area contributed by atoms with E-state index >= 15 is 0 Å². The molecule has 0 N–H and O–H groups in total. The summed E-state index contributed by atoms with van der Waals surface area (Å²) < 4.78 is 69.5. The maximum absolute atomic E-state index is 14.2. The predicted molar refractivity (Wildman–Crippen MR) is 89.9 cm³/mol. The van der Waals surface area contributed by atoms with Crippen molar-refractivity contribution in [3.05, 3.63) is 59.4 Å². The normalized spacial score (nSPS) is 11.7. The molecule has 1 heterocycles. The van der Waals surface area contributed by atoms with Gasteiger partial charge >= 0.3 is 0 Å². The van der Waals surface area contributed by atoms with E-state index in [1.54, 1.807) is 13.0 Å². The monoisotopic (exact) mass is 381 g/mol. The summed E-state index contributed by atoms with van der Waals surface area (Å²) in [6.45, 7) is 0.585. The van der Waals surface area contributed by atoms with Crippen LogP contribution in [0.3, 0.4) is 0 Å². The molecule has 26 heavy (non-hydrogen) atoms. The Kier molecular flexibility index (Phi) is 4.62. The Balaban J connectivity index is 2.20. The maximum atomic E-state index is 14.2. The molecular formula is C18H14F3NO3S. The molecular weight excluding hydrogens is 367 g/mol. The van der Waals surface area contributed by atoms with Gasteiger partial charge in [-0.2, -0.15) is 0 Å². The predicted octanol–water partition coefficient (Wildman–Crippen LogP) is 4.47. The highest BCUT2D eigenvalue weighted by atomic mass is 32.2. The second-order valence-electron chi connectivity index (χ2n) is 5.84. The van der Waals surface area contributed by atoms with E-state index in [0.29, 0.717) is 11.1 Å². The zero-order valence-corrected chi connectivity index (χ0v) is 14.7. The summed E-state index contributed by atoms with van der Waals surface area (Å²) in [6.07, 6.45) is 0.887. The molecule has 0 bridgehead atoms. The first-order chi connectivity index (χ1) is 12.2. The Morgan fingerprint density at radius 1 is 1.04 bits per heavy atom. The van der Waals surface area contributed by atoms with E-state index in [9.17, 15) is 21.6 Å². The molecule has 0 spiro atoms. The minimum atomic E-state index is -3.75. The number of alkyl halides is 1. The van der Waals surface area contributed by atoms with Gasteiger partial charge in [0.15, 0.2) is 22.3 Å². The largest absolute Gasteiger partial charge is 0.357 e. The molecule has 8 heteroatoms. The molecule has 4 nitrogen and oxygen atoms in total. The van der Waals surface area contributed by atoms with Crippen LogP contribution in [0.5, 0.6) is 0 Å². The summed E-state index contributed by atoms with van der Waals surface area (Å²) in [5.41, 5.74) is 1.23. The smallest absolute Gasteiger partial charge is 0.178 e. The van der Waals surface area contributed by atoms with Crippen molar-refractivity contribution in [2.45, 2.75) is 18.5 Å². The molecule has 136 valence electrons. The van der Waals surface area contributed by atoms with E-state index in [4.69, 9.17) is 4.52 Å². The van der Waals surface area contributed by atoms with Crippen LogP contribution in [0.1, 0.15) is 11.3 Å². The van der Waals surface area contributed by atoms with Crippen molar-refractivity contribution in [3.8, 4) is 22.4 Å². The molecule has 0 unspecified atom stereocenters. The summed E-state index contributed by atoms with van der Waals surface area (Å²) in [7, 11) is -3.75. The van der Waals surface area contributed by atoms with Gasteiger partial charge in [0.1, 0.15) is 22.2 Å². The Bertz CT molecular complexity index is 1090. The van der Waals surface area contributed by atoms with Gasteiger partial charge in [0.2, 0.25) is 0 Å². The van der Waals surface area contributed by atoms with E-state index < -0.39 is 33.0 Å². The molecule has 0 aliphatic carbocycles. The lowest BCUT2D eigenvalue weighted by atomic mass is 9.98. The summed E-state index contributed by atoms with van der Waals surface area (Å²) in [5.74, 6) is -1.61. The minimum Gasteiger partial charge on any atom is -0.357 e. The zero-order chi connectivity index (χ0) is 19.1. The minimum absolute atomic E-state index is 0.142. The summed E-state index contributed by atoms with van der Waals surface area (Å²) >= 11 is 0. The van der Waals surface area contributed by atoms with Crippen LogP contribution in [0.2, 0.25) is 0 Å². The lowest BCUT2D eigenvalue weighted by Crippen LogP contribution is -2.01. The highest BCUT2D eigenvalue weighted by Gasteiger charge is 2.22. The fourth-order valence-corrected chi connectivity index (χ4v) is 3.34. The van der Waals surface area contributed by atoms with Crippen molar-refractivity contribution < 1.29 is 26.1 Å². The van der Waals surface area contributed by atoms with Crippen molar-refractivity contribution in [3.63, 3.8) is 0 Å². The number of rotatable bonds is 4. The van der Waals surface area contributed by atoms with Gasteiger partial charge < -0.3 is 4.52 Å². The molecule has 0 saturated heterocycles. The van der Waals surface area contributed by atoms with E-state index in [-0.39, 0.29) is 22.6 Å². The van der Waals surface area contributed by atoms with Crippen molar-refractivity contribution in [2.24, 2.45) is 0 Å². The Hall–Kier alpha value is -2.61. The molecule has 0 amide bonds. The van der Waals surface area contributed by atoms with Crippen molar-refractivity contribution in [1.82, 2.24) is 5.16 Å². The lowest BCUT2D eigenvalue weighted by Gasteiger charge is -2.07. The first kappa shape index (κ1) is 18.2. The fraction of sp³-hybridized carbons (Fsp3) is 0.167. The van der Waals surface area contributed by atoms with Crippen molar-refractivity contribution in [2.75, 3.05) is 6.26 Å². The Morgan fingerprint density at radius 2 is 1.69 bits per heavy atom. The number of nitrogens with zero attached hydrogens (tertiary/aromatic N) is 1. The molecule has 1 aromatic heterocycles. The van der Waals surface area contributed by atoms with Gasteiger partial charge in [-0.3, -0.25) is 0 Å². The number of hydrogen-bond donors (Lipinski definition) is 0. The fourth-order valence-electron chi connectivity index (χ4n) is 2.61. The van der Waals surface area contributed by atoms with E-state index in [1.165, 1.54) is 18.2 Å². The number of benzene rings is 2. The van der Waals surface area contributed by atoms with Gasteiger partial charge in [0.25, 0.3) is 0 Å². The van der Waals surface area contributed by atoms with Gasteiger partial charge in [-0.15, -0.1) is 0 Å². The van der Waals surface area contributed by atoms with Crippen LogP contribution in [-0.4, -0.2) is 19.8 Å². The highest BCUT2D eigenvalue weighted by molar-refractivity contribution is 7.90.